The highest BCUT2D eigenvalue weighted by molar-refractivity contribution is 8.01. The number of aromatic nitrogens is 1. The summed E-state index contributed by atoms with van der Waals surface area (Å²) >= 11 is 2.86. The normalized spacial score (nSPS) is 23.5. The smallest absolute Gasteiger partial charge is 0.230 e. The molecule has 3 amide bonds. The van der Waals surface area contributed by atoms with Gasteiger partial charge in [-0.15, -0.1) is 11.3 Å². The number of hydrogen-bond donors (Lipinski definition) is 3. The van der Waals surface area contributed by atoms with Crippen LogP contribution >= 0.6 is 23.1 Å². The summed E-state index contributed by atoms with van der Waals surface area (Å²) in [4.78, 5) is 40.5. The number of methoxy groups -OCH3 is 1. The Kier molecular flexibility index (Phi) is 7.06. The number of nitrogens with zero attached hydrogens (tertiary/aromatic N) is 1. The molecule has 2 aliphatic heterocycles. The third-order valence-corrected chi connectivity index (χ3v) is 7.43. The summed E-state index contributed by atoms with van der Waals surface area (Å²) < 4.78 is 12.5. The van der Waals surface area contributed by atoms with E-state index >= 15 is 0 Å². The fraction of sp³-hybridized carbons (Fsp3) is 0.500. The van der Waals surface area contributed by atoms with E-state index in [9.17, 15) is 14.4 Å². The molecule has 0 bridgehead atoms. The minimum absolute atomic E-state index is 0.0428. The molecule has 0 aliphatic carbocycles. The van der Waals surface area contributed by atoms with Gasteiger partial charge in [0, 0.05) is 32.4 Å². The van der Waals surface area contributed by atoms with Crippen LogP contribution < -0.4 is 16.0 Å². The second-order valence-corrected chi connectivity index (χ2v) is 9.71. The number of hydrogen-bond acceptors (Lipinski definition) is 8. The molecule has 2 saturated heterocycles. The lowest BCUT2D eigenvalue weighted by atomic mass is 10.1. The first-order chi connectivity index (χ1) is 15.0. The molecular weight excluding hydrogens is 440 g/mol. The molecular formula is C20H24N4O5S2. The van der Waals surface area contributed by atoms with Crippen LogP contribution in [0.15, 0.2) is 22.5 Å². The standard InChI is InChI=1S/C20H24N4O5S2/c1-28-15-9-29-5-4-13(15)23-18(26)10-30-20-24-14-3-2-12(7-16(14)31-20)22-19(27)11-6-17(25)21-8-11/h2-3,7,11,13,15H,4-6,8-10H2,1H3,(H,21,25)(H,22,27)(H,23,26). The second-order valence-electron chi connectivity index (χ2n) is 7.46. The number of carbonyl (C=O) groups is 3. The summed E-state index contributed by atoms with van der Waals surface area (Å²) in [5.74, 6) is -0.414. The van der Waals surface area contributed by atoms with Crippen LogP contribution in [0.4, 0.5) is 5.69 Å². The van der Waals surface area contributed by atoms with Crippen LogP contribution in [0.2, 0.25) is 0 Å². The molecule has 3 N–H and O–H groups in total. The Labute approximate surface area is 187 Å². The van der Waals surface area contributed by atoms with Crippen LogP contribution in [-0.2, 0) is 23.9 Å². The van der Waals surface area contributed by atoms with E-state index in [0.29, 0.717) is 25.4 Å². The van der Waals surface area contributed by atoms with Gasteiger partial charge in [-0.3, -0.25) is 14.4 Å². The fourth-order valence-corrected chi connectivity index (χ4v) is 5.48. The Hall–Kier alpha value is -2.21. The van der Waals surface area contributed by atoms with Gasteiger partial charge in [-0.05, 0) is 24.6 Å². The molecule has 166 valence electrons. The molecule has 11 heteroatoms. The largest absolute Gasteiger partial charge is 0.379 e. The Morgan fingerprint density at radius 3 is 3.06 bits per heavy atom. The van der Waals surface area contributed by atoms with Crippen molar-refractivity contribution in [2.75, 3.05) is 37.9 Å². The van der Waals surface area contributed by atoms with E-state index in [2.05, 4.69) is 20.9 Å². The van der Waals surface area contributed by atoms with Crippen molar-refractivity contribution in [1.29, 1.82) is 0 Å². The van der Waals surface area contributed by atoms with E-state index in [1.54, 1.807) is 13.2 Å². The number of carbonyl (C=O) groups excluding carboxylic acids is 3. The van der Waals surface area contributed by atoms with Crippen molar-refractivity contribution in [2.45, 2.75) is 29.3 Å². The number of nitrogens with one attached hydrogen (secondary N) is 3. The van der Waals surface area contributed by atoms with E-state index in [-0.39, 0.29) is 48.0 Å². The van der Waals surface area contributed by atoms with Crippen LogP contribution in [-0.4, -0.2) is 67.5 Å². The molecule has 31 heavy (non-hydrogen) atoms. The first kappa shape index (κ1) is 22.0. The number of ether oxygens (including phenoxy) is 2. The first-order valence-electron chi connectivity index (χ1n) is 10.0. The molecule has 9 nitrogen and oxygen atoms in total. The van der Waals surface area contributed by atoms with Gasteiger partial charge in [-0.2, -0.15) is 0 Å². The molecule has 2 fully saturated rings. The minimum Gasteiger partial charge on any atom is -0.379 e. The average molecular weight is 465 g/mol. The number of benzene rings is 1. The van der Waals surface area contributed by atoms with Gasteiger partial charge in [0.25, 0.3) is 0 Å². The van der Waals surface area contributed by atoms with Gasteiger partial charge < -0.3 is 25.4 Å². The zero-order chi connectivity index (χ0) is 21.8. The van der Waals surface area contributed by atoms with Gasteiger partial charge >= 0.3 is 0 Å². The molecule has 2 aromatic rings. The van der Waals surface area contributed by atoms with E-state index in [1.165, 1.54) is 23.1 Å². The third-order valence-electron chi connectivity index (χ3n) is 5.26. The van der Waals surface area contributed by atoms with Gasteiger partial charge in [0.1, 0.15) is 6.10 Å². The number of anilines is 1. The molecule has 3 unspecified atom stereocenters. The molecule has 0 saturated carbocycles. The SMILES string of the molecule is COC1COCCC1NC(=O)CSc1nc2ccc(NC(=O)C3CNC(=O)C3)cc2s1. The molecule has 0 radical (unpaired) electrons. The van der Waals surface area contributed by atoms with E-state index < -0.39 is 0 Å². The quantitative estimate of drug-likeness (QED) is 0.530. The fourth-order valence-electron chi connectivity index (χ4n) is 3.56. The van der Waals surface area contributed by atoms with Crippen LogP contribution in [0.25, 0.3) is 10.2 Å². The zero-order valence-corrected chi connectivity index (χ0v) is 18.6. The van der Waals surface area contributed by atoms with Crippen LogP contribution in [0.1, 0.15) is 12.8 Å². The van der Waals surface area contributed by atoms with Gasteiger partial charge in [0.15, 0.2) is 4.34 Å². The number of thiazole rings is 1. The van der Waals surface area contributed by atoms with E-state index in [0.717, 1.165) is 21.0 Å². The Bertz CT molecular complexity index is 982. The van der Waals surface area contributed by atoms with Gasteiger partial charge in [-0.25, -0.2) is 4.98 Å². The summed E-state index contributed by atoms with van der Waals surface area (Å²) in [5, 5.41) is 8.55. The van der Waals surface area contributed by atoms with Gasteiger partial charge in [0.05, 0.1) is 34.5 Å². The lowest BCUT2D eigenvalue weighted by Gasteiger charge is -2.30. The third kappa shape index (κ3) is 5.53. The lowest BCUT2D eigenvalue weighted by molar-refractivity contribution is -0.123. The maximum atomic E-state index is 12.4. The van der Waals surface area contributed by atoms with E-state index in [4.69, 9.17) is 9.47 Å². The minimum atomic E-state index is -0.345. The van der Waals surface area contributed by atoms with Crippen LogP contribution in [0.3, 0.4) is 0 Å². The van der Waals surface area contributed by atoms with Crippen molar-refractivity contribution in [3.63, 3.8) is 0 Å². The highest BCUT2D eigenvalue weighted by Gasteiger charge is 2.28. The predicted octanol–water partition coefficient (Wildman–Crippen LogP) is 1.38. The van der Waals surface area contributed by atoms with Crippen molar-refractivity contribution < 1.29 is 23.9 Å². The second kappa shape index (κ2) is 9.94. The molecule has 4 rings (SSSR count). The molecule has 0 spiro atoms. The number of fused-ring (bicyclic) bond motifs is 1. The van der Waals surface area contributed by atoms with Crippen molar-refractivity contribution in [1.82, 2.24) is 15.6 Å². The zero-order valence-electron chi connectivity index (χ0n) is 17.0. The number of thioether (sulfide) groups is 1. The summed E-state index contributed by atoms with van der Waals surface area (Å²) in [6.07, 6.45) is 0.823. The monoisotopic (exact) mass is 464 g/mol. The topological polar surface area (TPSA) is 119 Å². The summed E-state index contributed by atoms with van der Waals surface area (Å²) in [6, 6.07) is 5.46. The van der Waals surface area contributed by atoms with Gasteiger partial charge in [0.2, 0.25) is 17.7 Å². The Morgan fingerprint density at radius 2 is 2.29 bits per heavy atom. The van der Waals surface area contributed by atoms with Crippen LogP contribution in [0.5, 0.6) is 0 Å². The maximum Gasteiger partial charge on any atom is 0.230 e. The predicted molar refractivity (Wildman–Crippen MR) is 118 cm³/mol. The Balaban J connectivity index is 1.32. The molecule has 3 atom stereocenters. The summed E-state index contributed by atoms with van der Waals surface area (Å²) in [5.41, 5.74) is 1.48. The maximum absolute atomic E-state index is 12.4. The highest BCUT2D eigenvalue weighted by Crippen LogP contribution is 2.31. The van der Waals surface area contributed by atoms with Crippen molar-refractivity contribution in [3.05, 3.63) is 18.2 Å². The molecule has 2 aliphatic rings. The Morgan fingerprint density at radius 1 is 1.42 bits per heavy atom. The average Bonchev–Trinajstić information content (AvgIpc) is 3.38. The van der Waals surface area contributed by atoms with E-state index in [1.807, 2.05) is 12.1 Å². The van der Waals surface area contributed by atoms with Crippen molar-refractivity contribution in [3.8, 4) is 0 Å². The first-order valence-corrected chi connectivity index (χ1v) is 11.8. The molecule has 3 heterocycles. The van der Waals surface area contributed by atoms with Gasteiger partial charge in [-0.1, -0.05) is 11.8 Å². The number of rotatable bonds is 7. The summed E-state index contributed by atoms with van der Waals surface area (Å²) in [6.45, 7) is 1.47. The molecule has 1 aromatic carbocycles. The number of amides is 3. The lowest BCUT2D eigenvalue weighted by Crippen LogP contribution is -2.50. The van der Waals surface area contributed by atoms with Crippen LogP contribution in [0, 0.1) is 5.92 Å². The van der Waals surface area contributed by atoms with Crippen molar-refractivity contribution in [2.24, 2.45) is 5.92 Å². The van der Waals surface area contributed by atoms with Crippen molar-refractivity contribution >= 4 is 56.7 Å². The molecule has 1 aromatic heterocycles. The summed E-state index contributed by atoms with van der Waals surface area (Å²) in [7, 11) is 1.62. The highest BCUT2D eigenvalue weighted by atomic mass is 32.2.